The molecule has 0 saturated carbocycles. The maximum absolute atomic E-state index is 11.2. The number of hydrogen-bond acceptors (Lipinski definition) is 8. The molecule has 1 aromatic rings. The number of nitrogens with zero attached hydrogens (tertiary/aromatic N) is 4. The lowest BCUT2D eigenvalue weighted by atomic mass is 10.4. The van der Waals surface area contributed by atoms with Gasteiger partial charge in [0.25, 0.3) is 0 Å². The molecule has 1 aliphatic rings. The molecule has 118 valence electrons. The average molecular weight is 331 g/mol. The van der Waals surface area contributed by atoms with E-state index in [0.717, 1.165) is 32.5 Å². The molecule has 1 N–H and O–H groups in total. The van der Waals surface area contributed by atoms with E-state index < -0.39 is 9.84 Å². The Kier molecular flexibility index (Phi) is 5.63. The average Bonchev–Trinajstić information content (AvgIpc) is 2.91. The summed E-state index contributed by atoms with van der Waals surface area (Å²) in [5.74, 6) is 1.81. The molecule has 0 unspecified atom stereocenters. The van der Waals surface area contributed by atoms with Crippen molar-refractivity contribution >= 4 is 33.5 Å². The Bertz CT molecular complexity index is 573. The van der Waals surface area contributed by atoms with E-state index in [4.69, 9.17) is 0 Å². The van der Waals surface area contributed by atoms with E-state index in [1.54, 1.807) is 0 Å². The molecule has 0 spiro atoms. The van der Waals surface area contributed by atoms with Crippen LogP contribution in [0.3, 0.4) is 0 Å². The number of hydrogen-bond donors (Lipinski definition) is 1. The fourth-order valence-electron chi connectivity index (χ4n) is 1.99. The second-order valence-corrected chi connectivity index (χ2v) is 8.27. The topological polar surface area (TPSA) is 88.1 Å². The summed E-state index contributed by atoms with van der Waals surface area (Å²) in [5.41, 5.74) is 0. The molecule has 1 aliphatic heterocycles. The van der Waals surface area contributed by atoms with Crippen LogP contribution in [-0.2, 0) is 9.84 Å². The number of sulfone groups is 1. The first-order valence-electron chi connectivity index (χ1n) is 7.03. The maximum atomic E-state index is 11.2. The van der Waals surface area contributed by atoms with Crippen LogP contribution in [0.5, 0.6) is 0 Å². The molecule has 21 heavy (non-hydrogen) atoms. The second-order valence-electron chi connectivity index (χ2n) is 4.94. The van der Waals surface area contributed by atoms with Gasteiger partial charge in [-0.25, -0.2) is 8.42 Å². The molecule has 7 nitrogen and oxygen atoms in total. The Balaban J connectivity index is 2.11. The van der Waals surface area contributed by atoms with Crippen LogP contribution in [0.1, 0.15) is 19.8 Å². The first-order valence-corrected chi connectivity index (χ1v) is 10.1. The standard InChI is InChI=1S/C12H21N5O2S2/c1-3-13-10-14-11(17-6-4-5-7-17)16-12(15-10)20-8-9-21(2,18)19/h3-9H2,1-2H3,(H,13,14,15,16). The molecule has 0 radical (unpaired) electrons. The molecule has 2 heterocycles. The van der Waals surface area contributed by atoms with Crippen molar-refractivity contribution in [3.63, 3.8) is 0 Å². The summed E-state index contributed by atoms with van der Waals surface area (Å²) >= 11 is 1.35. The molecule has 0 aliphatic carbocycles. The van der Waals surface area contributed by atoms with Crippen LogP contribution < -0.4 is 10.2 Å². The summed E-state index contributed by atoms with van der Waals surface area (Å²) in [4.78, 5) is 15.3. The number of rotatable bonds is 7. The van der Waals surface area contributed by atoms with Crippen LogP contribution in [0, 0.1) is 0 Å². The summed E-state index contributed by atoms with van der Waals surface area (Å²) in [6.45, 7) is 4.64. The second kappa shape index (κ2) is 7.26. The molecule has 0 aromatic carbocycles. The third-order valence-corrected chi connectivity index (χ3v) is 5.07. The minimum atomic E-state index is -2.96. The predicted octanol–water partition coefficient (Wildman–Crippen LogP) is 1.04. The van der Waals surface area contributed by atoms with Crippen LogP contribution in [-0.4, -0.2) is 60.8 Å². The molecule has 0 atom stereocenters. The molecular weight excluding hydrogens is 310 g/mol. The van der Waals surface area contributed by atoms with E-state index in [0.29, 0.717) is 22.8 Å². The van der Waals surface area contributed by atoms with Gasteiger partial charge >= 0.3 is 0 Å². The Morgan fingerprint density at radius 1 is 1.24 bits per heavy atom. The number of thioether (sulfide) groups is 1. The Morgan fingerprint density at radius 3 is 2.57 bits per heavy atom. The zero-order valence-corrected chi connectivity index (χ0v) is 14.0. The highest BCUT2D eigenvalue weighted by Gasteiger charge is 2.17. The monoisotopic (exact) mass is 331 g/mol. The van der Waals surface area contributed by atoms with Gasteiger partial charge in [-0.1, -0.05) is 11.8 Å². The van der Waals surface area contributed by atoms with Crippen LogP contribution in [0.4, 0.5) is 11.9 Å². The fraction of sp³-hybridized carbons (Fsp3) is 0.750. The van der Waals surface area contributed by atoms with E-state index >= 15 is 0 Å². The van der Waals surface area contributed by atoms with E-state index in [-0.39, 0.29) is 5.75 Å². The van der Waals surface area contributed by atoms with E-state index in [2.05, 4.69) is 25.2 Å². The van der Waals surface area contributed by atoms with Gasteiger partial charge in [0.05, 0.1) is 5.75 Å². The van der Waals surface area contributed by atoms with Crippen molar-refractivity contribution in [1.29, 1.82) is 0 Å². The quantitative estimate of drug-likeness (QED) is 0.742. The largest absolute Gasteiger partial charge is 0.354 e. The van der Waals surface area contributed by atoms with Crippen LogP contribution >= 0.6 is 11.8 Å². The van der Waals surface area contributed by atoms with Gasteiger partial charge in [0.2, 0.25) is 11.9 Å². The van der Waals surface area contributed by atoms with Crippen LogP contribution in [0.25, 0.3) is 0 Å². The highest BCUT2D eigenvalue weighted by atomic mass is 32.2. The van der Waals surface area contributed by atoms with Crippen LogP contribution in [0.15, 0.2) is 5.16 Å². The van der Waals surface area contributed by atoms with Gasteiger partial charge in [-0.3, -0.25) is 0 Å². The lowest BCUT2D eigenvalue weighted by Crippen LogP contribution is -2.22. The molecule has 1 saturated heterocycles. The summed E-state index contributed by atoms with van der Waals surface area (Å²) in [7, 11) is -2.96. The van der Waals surface area contributed by atoms with Gasteiger partial charge in [0, 0.05) is 31.6 Å². The first kappa shape index (κ1) is 16.3. The zero-order chi connectivity index (χ0) is 15.3. The van der Waals surface area contributed by atoms with Crippen LogP contribution in [0.2, 0.25) is 0 Å². The van der Waals surface area contributed by atoms with Crippen molar-refractivity contribution in [3.8, 4) is 0 Å². The van der Waals surface area contributed by atoms with Crippen molar-refractivity contribution in [2.45, 2.75) is 24.9 Å². The van der Waals surface area contributed by atoms with Crippen molar-refractivity contribution in [3.05, 3.63) is 0 Å². The van der Waals surface area contributed by atoms with Gasteiger partial charge < -0.3 is 10.2 Å². The Morgan fingerprint density at radius 2 is 1.95 bits per heavy atom. The molecule has 9 heteroatoms. The predicted molar refractivity (Wildman–Crippen MR) is 85.9 cm³/mol. The molecule has 0 amide bonds. The SMILES string of the molecule is CCNc1nc(SCCS(C)(=O)=O)nc(N2CCCC2)n1. The van der Waals surface area contributed by atoms with Crippen molar-refractivity contribution < 1.29 is 8.42 Å². The van der Waals surface area contributed by atoms with Crippen molar-refractivity contribution in [2.75, 3.05) is 47.6 Å². The van der Waals surface area contributed by atoms with Gasteiger partial charge in [-0.05, 0) is 19.8 Å². The molecule has 0 bridgehead atoms. The van der Waals surface area contributed by atoms with Gasteiger partial charge in [0.15, 0.2) is 5.16 Å². The maximum Gasteiger partial charge on any atom is 0.231 e. The van der Waals surface area contributed by atoms with Crippen molar-refractivity contribution in [1.82, 2.24) is 15.0 Å². The lowest BCUT2D eigenvalue weighted by Gasteiger charge is -2.16. The number of anilines is 2. The summed E-state index contributed by atoms with van der Waals surface area (Å²) in [6, 6.07) is 0. The first-order chi connectivity index (χ1) is 9.98. The smallest absolute Gasteiger partial charge is 0.231 e. The van der Waals surface area contributed by atoms with E-state index in [9.17, 15) is 8.42 Å². The summed E-state index contributed by atoms with van der Waals surface area (Å²) in [5, 5.41) is 3.67. The molecule has 1 fully saturated rings. The van der Waals surface area contributed by atoms with E-state index in [1.807, 2.05) is 6.92 Å². The highest BCUT2D eigenvalue weighted by Crippen LogP contribution is 2.21. The minimum absolute atomic E-state index is 0.124. The van der Waals surface area contributed by atoms with E-state index in [1.165, 1.54) is 18.0 Å². The lowest BCUT2D eigenvalue weighted by molar-refractivity contribution is 0.603. The molecule has 2 rings (SSSR count). The fourth-order valence-corrected chi connectivity index (χ4v) is 4.01. The number of nitrogens with one attached hydrogen (secondary N) is 1. The number of aromatic nitrogens is 3. The highest BCUT2D eigenvalue weighted by molar-refractivity contribution is 8.00. The van der Waals surface area contributed by atoms with Gasteiger partial charge in [-0.15, -0.1) is 0 Å². The zero-order valence-electron chi connectivity index (χ0n) is 12.4. The summed E-state index contributed by atoms with van der Waals surface area (Å²) in [6.07, 6.45) is 3.54. The molecule has 1 aromatic heterocycles. The normalized spacial score (nSPS) is 15.4. The minimum Gasteiger partial charge on any atom is -0.354 e. The third kappa shape index (κ3) is 5.31. The summed E-state index contributed by atoms with van der Waals surface area (Å²) < 4.78 is 22.4. The Hall–Kier alpha value is -1.09. The van der Waals surface area contributed by atoms with Gasteiger partial charge in [0.1, 0.15) is 9.84 Å². The van der Waals surface area contributed by atoms with Crippen molar-refractivity contribution in [2.24, 2.45) is 0 Å². The Labute approximate surface area is 129 Å². The van der Waals surface area contributed by atoms with Gasteiger partial charge in [-0.2, -0.15) is 15.0 Å². The molecular formula is C12H21N5O2S2. The third-order valence-electron chi connectivity index (χ3n) is 3.01.